The normalized spacial score (nSPS) is 25.3. The lowest BCUT2D eigenvalue weighted by Crippen LogP contribution is -2.49. The molecule has 0 N–H and O–H groups in total. The summed E-state index contributed by atoms with van der Waals surface area (Å²) in [4.78, 5) is 2.22. The van der Waals surface area contributed by atoms with Crippen LogP contribution in [0.25, 0.3) is 0 Å². The summed E-state index contributed by atoms with van der Waals surface area (Å²) in [6.07, 6.45) is 0.862. The van der Waals surface area contributed by atoms with E-state index in [9.17, 15) is 8.42 Å². The summed E-state index contributed by atoms with van der Waals surface area (Å²) in [7, 11) is -3.32. The number of nitrogens with zero attached hydrogens (tertiary/aromatic N) is 3. The fraction of sp³-hybridized carbons (Fsp3) is 1.00. The van der Waals surface area contributed by atoms with Crippen LogP contribution in [0.5, 0.6) is 0 Å². The minimum absolute atomic E-state index is 0.463. The van der Waals surface area contributed by atoms with E-state index in [-0.39, 0.29) is 0 Å². The van der Waals surface area contributed by atoms with Gasteiger partial charge in [0.05, 0.1) is 13.2 Å². The van der Waals surface area contributed by atoms with Crippen molar-refractivity contribution in [1.29, 1.82) is 0 Å². The van der Waals surface area contributed by atoms with Gasteiger partial charge in [0.2, 0.25) is 0 Å². The molecule has 0 aromatic carbocycles. The van der Waals surface area contributed by atoms with Crippen LogP contribution in [0.1, 0.15) is 6.42 Å². The maximum Gasteiger partial charge on any atom is 0.282 e. The molecule has 0 atom stereocenters. The Morgan fingerprint density at radius 1 is 0.947 bits per heavy atom. The lowest BCUT2D eigenvalue weighted by Gasteiger charge is -2.31. The van der Waals surface area contributed by atoms with Crippen LogP contribution in [-0.4, -0.2) is 86.8 Å². The largest absolute Gasteiger partial charge is 0.379 e. The van der Waals surface area contributed by atoms with Crippen LogP contribution in [0.4, 0.5) is 0 Å². The van der Waals surface area contributed by atoms with Crippen molar-refractivity contribution in [3.8, 4) is 0 Å². The second kappa shape index (κ2) is 7.19. The van der Waals surface area contributed by atoms with Crippen molar-refractivity contribution in [3.63, 3.8) is 0 Å². The summed E-state index contributed by atoms with van der Waals surface area (Å²) in [5, 5.41) is 0. The Morgan fingerprint density at radius 2 is 1.63 bits per heavy atom. The van der Waals surface area contributed by atoms with E-state index in [2.05, 4.69) is 4.90 Å². The Bertz CT molecular complexity index is 373. The van der Waals surface area contributed by atoms with Crippen molar-refractivity contribution < 1.29 is 13.2 Å². The minimum atomic E-state index is -3.32. The van der Waals surface area contributed by atoms with Gasteiger partial charge in [-0.2, -0.15) is 17.0 Å². The van der Waals surface area contributed by atoms with E-state index in [1.807, 2.05) is 0 Å². The topological polar surface area (TPSA) is 53.1 Å². The lowest BCUT2D eigenvalue weighted by molar-refractivity contribution is 0.0702. The highest BCUT2D eigenvalue weighted by Gasteiger charge is 2.31. The van der Waals surface area contributed by atoms with Gasteiger partial charge in [-0.05, 0) is 13.0 Å². The molecule has 0 aromatic heterocycles. The third-order valence-electron chi connectivity index (χ3n) is 3.57. The van der Waals surface area contributed by atoms with Crippen molar-refractivity contribution in [2.75, 3.05) is 64.9 Å². The fourth-order valence-electron chi connectivity index (χ4n) is 2.46. The molecule has 0 aromatic rings. The SMILES string of the molecule is O=S(=O)(N1CCOCC1)N1CCCN(CCCl)CC1. The molecule has 8 heteroatoms. The molecular weight excluding hydrogens is 290 g/mol. The number of hydrogen-bond acceptors (Lipinski definition) is 4. The second-order valence-electron chi connectivity index (χ2n) is 4.80. The van der Waals surface area contributed by atoms with Gasteiger partial charge in [-0.15, -0.1) is 11.6 Å². The predicted octanol–water partition coefficient (Wildman–Crippen LogP) is -0.190. The first-order valence-electron chi connectivity index (χ1n) is 6.76. The van der Waals surface area contributed by atoms with Crippen LogP contribution in [0, 0.1) is 0 Å². The molecule has 2 fully saturated rings. The van der Waals surface area contributed by atoms with Gasteiger partial charge in [0.25, 0.3) is 10.2 Å². The van der Waals surface area contributed by atoms with Crippen LogP contribution in [0.2, 0.25) is 0 Å². The van der Waals surface area contributed by atoms with Gasteiger partial charge in [0.15, 0.2) is 0 Å². The maximum atomic E-state index is 12.5. The monoisotopic (exact) mass is 311 g/mol. The molecular formula is C11H22ClN3O3S. The van der Waals surface area contributed by atoms with E-state index in [1.165, 1.54) is 4.31 Å². The quantitative estimate of drug-likeness (QED) is 0.675. The summed E-state index contributed by atoms with van der Waals surface area (Å²) < 4.78 is 33.4. The Labute approximate surface area is 120 Å². The zero-order valence-electron chi connectivity index (χ0n) is 11.1. The number of hydrogen-bond donors (Lipinski definition) is 0. The zero-order valence-corrected chi connectivity index (χ0v) is 12.7. The predicted molar refractivity (Wildman–Crippen MR) is 74.7 cm³/mol. The average molecular weight is 312 g/mol. The van der Waals surface area contributed by atoms with E-state index < -0.39 is 10.2 Å². The molecule has 2 aliphatic heterocycles. The van der Waals surface area contributed by atoms with Crippen LogP contribution in [0.15, 0.2) is 0 Å². The van der Waals surface area contributed by atoms with Crippen molar-refractivity contribution >= 4 is 21.8 Å². The molecule has 112 valence electrons. The Morgan fingerprint density at radius 3 is 2.32 bits per heavy atom. The fourth-order valence-corrected chi connectivity index (χ4v) is 4.31. The molecule has 2 rings (SSSR count). The van der Waals surface area contributed by atoms with Gasteiger partial charge >= 0.3 is 0 Å². The average Bonchev–Trinajstić information content (AvgIpc) is 2.66. The standard InChI is InChI=1S/C11H22ClN3O3S/c12-2-5-13-3-1-4-14(7-6-13)19(16,17)15-8-10-18-11-9-15/h1-11H2. The third-order valence-corrected chi connectivity index (χ3v) is 5.78. The molecule has 0 radical (unpaired) electrons. The number of alkyl halides is 1. The Balaban J connectivity index is 1.96. The van der Waals surface area contributed by atoms with Crippen molar-refractivity contribution in [2.45, 2.75) is 6.42 Å². The third kappa shape index (κ3) is 4.03. The van der Waals surface area contributed by atoms with Crippen LogP contribution in [0.3, 0.4) is 0 Å². The summed E-state index contributed by atoms with van der Waals surface area (Å²) in [5.41, 5.74) is 0. The zero-order chi connectivity index (χ0) is 13.7. The Hall–Kier alpha value is 0.0800. The number of halogens is 1. The van der Waals surface area contributed by atoms with Crippen LogP contribution >= 0.6 is 11.6 Å². The summed E-state index contributed by atoms with van der Waals surface area (Å²) in [6.45, 7) is 5.56. The van der Waals surface area contributed by atoms with Crippen molar-refractivity contribution in [1.82, 2.24) is 13.5 Å². The van der Waals surface area contributed by atoms with Gasteiger partial charge in [0.1, 0.15) is 0 Å². The molecule has 2 heterocycles. The number of rotatable bonds is 4. The van der Waals surface area contributed by atoms with Crippen molar-refractivity contribution in [2.24, 2.45) is 0 Å². The molecule has 0 amide bonds. The van der Waals surface area contributed by atoms with E-state index in [0.717, 1.165) is 26.1 Å². The summed E-state index contributed by atoms with van der Waals surface area (Å²) >= 11 is 5.74. The van der Waals surface area contributed by atoms with Gasteiger partial charge in [0, 0.05) is 45.1 Å². The van der Waals surface area contributed by atoms with E-state index in [4.69, 9.17) is 16.3 Å². The molecule has 0 unspecified atom stereocenters. The molecule has 0 spiro atoms. The second-order valence-corrected chi connectivity index (χ2v) is 7.11. The molecule has 0 aliphatic carbocycles. The summed E-state index contributed by atoms with van der Waals surface area (Å²) in [5.74, 6) is 0.593. The van der Waals surface area contributed by atoms with E-state index >= 15 is 0 Å². The first-order valence-corrected chi connectivity index (χ1v) is 8.69. The van der Waals surface area contributed by atoms with Crippen LogP contribution < -0.4 is 0 Å². The highest BCUT2D eigenvalue weighted by atomic mass is 35.5. The maximum absolute atomic E-state index is 12.5. The van der Waals surface area contributed by atoms with Gasteiger partial charge in [-0.25, -0.2) is 0 Å². The Kier molecular flexibility index (Phi) is 5.86. The van der Waals surface area contributed by atoms with E-state index in [0.29, 0.717) is 45.3 Å². The van der Waals surface area contributed by atoms with Crippen LogP contribution in [-0.2, 0) is 14.9 Å². The molecule has 6 nitrogen and oxygen atoms in total. The van der Waals surface area contributed by atoms with Gasteiger partial charge < -0.3 is 9.64 Å². The molecule has 0 saturated carbocycles. The van der Waals surface area contributed by atoms with E-state index in [1.54, 1.807) is 4.31 Å². The lowest BCUT2D eigenvalue weighted by atomic mass is 10.4. The number of morpholine rings is 1. The summed E-state index contributed by atoms with van der Waals surface area (Å²) in [6, 6.07) is 0. The first kappa shape index (κ1) is 15.5. The number of ether oxygens (including phenoxy) is 1. The highest BCUT2D eigenvalue weighted by molar-refractivity contribution is 7.86. The highest BCUT2D eigenvalue weighted by Crippen LogP contribution is 2.14. The minimum Gasteiger partial charge on any atom is -0.379 e. The molecule has 0 bridgehead atoms. The van der Waals surface area contributed by atoms with Gasteiger partial charge in [-0.1, -0.05) is 0 Å². The van der Waals surface area contributed by atoms with Crippen molar-refractivity contribution in [3.05, 3.63) is 0 Å². The molecule has 19 heavy (non-hydrogen) atoms. The molecule has 2 saturated heterocycles. The molecule has 2 aliphatic rings. The smallest absolute Gasteiger partial charge is 0.282 e. The first-order chi connectivity index (χ1) is 9.14. The van der Waals surface area contributed by atoms with Gasteiger partial charge in [-0.3, -0.25) is 0 Å².